The molecule has 0 aliphatic heterocycles. The fraction of sp³-hybridized carbons (Fsp3) is 0.588. The lowest BCUT2D eigenvalue weighted by Gasteiger charge is -2.07. The molecule has 1 aromatic carbocycles. The van der Waals surface area contributed by atoms with E-state index in [1.54, 1.807) is 0 Å². The van der Waals surface area contributed by atoms with E-state index in [4.69, 9.17) is 0 Å². The number of amides is 1. The van der Waals surface area contributed by atoms with Crippen LogP contribution in [0.25, 0.3) is 0 Å². The number of nitrogens with one attached hydrogen (secondary N) is 2. The monoisotopic (exact) mass is 272 g/mol. The number of benzene rings is 1. The van der Waals surface area contributed by atoms with Gasteiger partial charge in [-0.05, 0) is 48.9 Å². The molecule has 0 heterocycles. The molecule has 3 heteroatoms. The maximum absolute atomic E-state index is 12.3. The third-order valence-electron chi connectivity index (χ3n) is 4.76. The van der Waals surface area contributed by atoms with Crippen LogP contribution < -0.4 is 10.6 Å². The molecule has 1 amide bonds. The van der Waals surface area contributed by atoms with Gasteiger partial charge in [-0.2, -0.15) is 0 Å². The van der Waals surface area contributed by atoms with E-state index in [1.807, 2.05) is 12.1 Å². The van der Waals surface area contributed by atoms with Gasteiger partial charge in [0.15, 0.2) is 0 Å². The Morgan fingerprint density at radius 3 is 2.40 bits per heavy atom. The number of carbonyl (C=O) groups is 1. The number of anilines is 1. The standard InChI is InChI=1S/C17H24N2O/c1-2-18-11-12-7-9-13(10-8-12)19-17(20)16-14-5-3-4-6-15(14)16/h7-10,14-16,18H,2-6,11H2,1H3,(H,19,20). The third-order valence-corrected chi connectivity index (χ3v) is 4.76. The molecular formula is C17H24N2O. The zero-order valence-corrected chi connectivity index (χ0v) is 12.2. The average molecular weight is 272 g/mol. The molecule has 0 spiro atoms. The summed E-state index contributed by atoms with van der Waals surface area (Å²) in [6.45, 7) is 3.96. The van der Waals surface area contributed by atoms with Gasteiger partial charge < -0.3 is 10.6 Å². The summed E-state index contributed by atoms with van der Waals surface area (Å²) in [7, 11) is 0. The van der Waals surface area contributed by atoms with Crippen LogP contribution in [-0.2, 0) is 11.3 Å². The van der Waals surface area contributed by atoms with Crippen molar-refractivity contribution in [1.82, 2.24) is 5.32 Å². The van der Waals surface area contributed by atoms with E-state index >= 15 is 0 Å². The first kappa shape index (κ1) is 13.6. The van der Waals surface area contributed by atoms with Crippen molar-refractivity contribution in [2.24, 2.45) is 17.8 Å². The van der Waals surface area contributed by atoms with E-state index in [9.17, 15) is 4.79 Å². The Morgan fingerprint density at radius 1 is 1.15 bits per heavy atom. The highest BCUT2D eigenvalue weighted by atomic mass is 16.2. The van der Waals surface area contributed by atoms with Gasteiger partial charge >= 0.3 is 0 Å². The van der Waals surface area contributed by atoms with Crippen molar-refractivity contribution >= 4 is 11.6 Å². The first-order chi connectivity index (χ1) is 9.79. The first-order valence-electron chi connectivity index (χ1n) is 7.90. The number of hydrogen-bond donors (Lipinski definition) is 2. The molecule has 2 saturated carbocycles. The molecule has 0 saturated heterocycles. The van der Waals surface area contributed by atoms with Gasteiger partial charge in [-0.1, -0.05) is 31.9 Å². The molecule has 3 nitrogen and oxygen atoms in total. The predicted molar refractivity (Wildman–Crippen MR) is 81.4 cm³/mol. The number of fused-ring (bicyclic) bond motifs is 1. The summed E-state index contributed by atoms with van der Waals surface area (Å²) >= 11 is 0. The Balaban J connectivity index is 1.54. The summed E-state index contributed by atoms with van der Waals surface area (Å²) in [5, 5.41) is 6.38. The van der Waals surface area contributed by atoms with Gasteiger partial charge in [-0.25, -0.2) is 0 Å². The first-order valence-corrected chi connectivity index (χ1v) is 7.90. The zero-order valence-electron chi connectivity index (χ0n) is 12.2. The average Bonchev–Trinajstić information content (AvgIpc) is 3.21. The van der Waals surface area contributed by atoms with Gasteiger partial charge in [-0.3, -0.25) is 4.79 Å². The molecule has 0 radical (unpaired) electrons. The smallest absolute Gasteiger partial charge is 0.228 e. The summed E-state index contributed by atoms with van der Waals surface area (Å²) in [5.41, 5.74) is 2.18. The summed E-state index contributed by atoms with van der Waals surface area (Å²) < 4.78 is 0. The molecule has 2 aliphatic rings. The molecule has 2 fully saturated rings. The second kappa shape index (κ2) is 5.96. The molecule has 3 rings (SSSR count). The molecule has 2 unspecified atom stereocenters. The number of rotatable bonds is 5. The summed E-state index contributed by atoms with van der Waals surface area (Å²) in [5.74, 6) is 1.88. The minimum Gasteiger partial charge on any atom is -0.326 e. The van der Waals surface area contributed by atoms with Crippen molar-refractivity contribution in [2.75, 3.05) is 11.9 Å². The van der Waals surface area contributed by atoms with E-state index in [-0.39, 0.29) is 5.91 Å². The maximum Gasteiger partial charge on any atom is 0.228 e. The van der Waals surface area contributed by atoms with Crippen LogP contribution in [0.1, 0.15) is 38.2 Å². The van der Waals surface area contributed by atoms with E-state index in [2.05, 4.69) is 29.7 Å². The van der Waals surface area contributed by atoms with Gasteiger partial charge in [0.1, 0.15) is 0 Å². The van der Waals surface area contributed by atoms with Crippen molar-refractivity contribution < 1.29 is 4.79 Å². The van der Waals surface area contributed by atoms with Crippen LogP contribution in [0.15, 0.2) is 24.3 Å². The van der Waals surface area contributed by atoms with E-state index in [0.29, 0.717) is 17.8 Å². The van der Waals surface area contributed by atoms with E-state index in [1.165, 1.54) is 31.2 Å². The van der Waals surface area contributed by atoms with Crippen LogP contribution in [0, 0.1) is 17.8 Å². The molecule has 20 heavy (non-hydrogen) atoms. The van der Waals surface area contributed by atoms with Gasteiger partial charge in [0.2, 0.25) is 5.91 Å². The Kier molecular flexibility index (Phi) is 4.06. The van der Waals surface area contributed by atoms with Crippen LogP contribution in [0.4, 0.5) is 5.69 Å². The SMILES string of the molecule is CCNCc1ccc(NC(=O)C2C3CCCCC32)cc1. The predicted octanol–water partition coefficient (Wildman–Crippen LogP) is 3.17. The van der Waals surface area contributed by atoms with Crippen LogP contribution in [0.2, 0.25) is 0 Å². The number of carbonyl (C=O) groups excluding carboxylic acids is 1. The van der Waals surface area contributed by atoms with Crippen molar-refractivity contribution in [2.45, 2.75) is 39.2 Å². The van der Waals surface area contributed by atoms with Gasteiger partial charge in [0.05, 0.1) is 0 Å². The van der Waals surface area contributed by atoms with Gasteiger partial charge in [0.25, 0.3) is 0 Å². The van der Waals surface area contributed by atoms with Crippen molar-refractivity contribution in [1.29, 1.82) is 0 Å². The van der Waals surface area contributed by atoms with E-state index in [0.717, 1.165) is 18.8 Å². The highest BCUT2D eigenvalue weighted by Gasteiger charge is 2.54. The minimum atomic E-state index is 0.237. The lowest BCUT2D eigenvalue weighted by Crippen LogP contribution is -2.15. The normalized spacial score (nSPS) is 27.8. The lowest BCUT2D eigenvalue weighted by molar-refractivity contribution is -0.117. The van der Waals surface area contributed by atoms with Crippen LogP contribution >= 0.6 is 0 Å². The highest BCUT2D eigenvalue weighted by molar-refractivity contribution is 5.94. The molecule has 1 aromatic rings. The second-order valence-electron chi connectivity index (χ2n) is 6.10. The lowest BCUT2D eigenvalue weighted by atomic mass is 10.0. The van der Waals surface area contributed by atoms with Crippen molar-refractivity contribution in [3.8, 4) is 0 Å². The van der Waals surface area contributed by atoms with Gasteiger partial charge in [-0.15, -0.1) is 0 Å². The molecule has 0 bridgehead atoms. The zero-order chi connectivity index (χ0) is 13.9. The topological polar surface area (TPSA) is 41.1 Å². The molecule has 0 aromatic heterocycles. The van der Waals surface area contributed by atoms with Crippen LogP contribution in [0.3, 0.4) is 0 Å². The van der Waals surface area contributed by atoms with Crippen LogP contribution in [-0.4, -0.2) is 12.5 Å². The van der Waals surface area contributed by atoms with Crippen molar-refractivity contribution in [3.63, 3.8) is 0 Å². The molecule has 2 atom stereocenters. The summed E-state index contributed by atoms with van der Waals surface area (Å²) in [6.07, 6.45) is 5.13. The van der Waals surface area contributed by atoms with Crippen molar-refractivity contribution in [3.05, 3.63) is 29.8 Å². The second-order valence-corrected chi connectivity index (χ2v) is 6.10. The van der Waals surface area contributed by atoms with Crippen LogP contribution in [0.5, 0.6) is 0 Å². The Labute approximate surface area is 121 Å². The minimum absolute atomic E-state index is 0.237. The Bertz CT molecular complexity index is 456. The fourth-order valence-electron chi connectivity index (χ4n) is 3.58. The Hall–Kier alpha value is -1.35. The maximum atomic E-state index is 12.3. The largest absolute Gasteiger partial charge is 0.326 e. The highest BCUT2D eigenvalue weighted by Crippen LogP contribution is 2.55. The fourth-order valence-corrected chi connectivity index (χ4v) is 3.58. The Morgan fingerprint density at radius 2 is 1.80 bits per heavy atom. The molecule has 2 N–H and O–H groups in total. The molecule has 2 aliphatic carbocycles. The summed E-state index contributed by atoms with van der Waals surface area (Å²) in [6, 6.07) is 8.18. The third kappa shape index (κ3) is 2.88. The quantitative estimate of drug-likeness (QED) is 0.864. The molecule has 108 valence electrons. The molecular weight excluding hydrogens is 248 g/mol. The van der Waals surface area contributed by atoms with E-state index < -0.39 is 0 Å². The summed E-state index contributed by atoms with van der Waals surface area (Å²) in [4.78, 5) is 12.3. The number of hydrogen-bond acceptors (Lipinski definition) is 2. The van der Waals surface area contributed by atoms with Gasteiger partial charge in [0, 0.05) is 18.2 Å².